The van der Waals surface area contributed by atoms with Gasteiger partial charge in [0.25, 0.3) is 0 Å². The van der Waals surface area contributed by atoms with Crippen molar-refractivity contribution in [3.05, 3.63) is 46.0 Å². The lowest BCUT2D eigenvalue weighted by Gasteiger charge is -2.11. The number of carboxylic acids is 1. The zero-order valence-corrected chi connectivity index (χ0v) is 10.3. The Hall–Kier alpha value is -0.990. The quantitative estimate of drug-likeness (QED) is 0.825. The van der Waals surface area contributed by atoms with E-state index in [0.717, 1.165) is 5.56 Å². The van der Waals surface area contributed by atoms with Gasteiger partial charge in [-0.3, -0.25) is 4.79 Å². The van der Waals surface area contributed by atoms with Crippen molar-refractivity contribution in [1.82, 2.24) is 0 Å². The molecule has 0 fully saturated rings. The third-order valence-corrected chi connectivity index (χ3v) is 2.93. The molecular weight excluding hydrogens is 247 g/mol. The van der Waals surface area contributed by atoms with Crippen LogP contribution >= 0.6 is 23.2 Å². The molecule has 4 heteroatoms. The number of benzene rings is 1. The summed E-state index contributed by atoms with van der Waals surface area (Å²) >= 11 is 11.7. The van der Waals surface area contributed by atoms with Crippen LogP contribution in [0.2, 0.25) is 10.0 Å². The summed E-state index contributed by atoms with van der Waals surface area (Å²) < 4.78 is 0. The normalized spacial score (nSPS) is 12.9. The van der Waals surface area contributed by atoms with Crippen LogP contribution in [0.1, 0.15) is 24.8 Å². The second-order valence-electron chi connectivity index (χ2n) is 3.40. The summed E-state index contributed by atoms with van der Waals surface area (Å²) in [5.74, 6) is -1.01. The lowest BCUT2D eigenvalue weighted by Crippen LogP contribution is -2.04. The maximum Gasteiger partial charge on any atom is 0.304 e. The van der Waals surface area contributed by atoms with Gasteiger partial charge < -0.3 is 5.11 Å². The van der Waals surface area contributed by atoms with E-state index in [1.54, 1.807) is 18.2 Å². The number of rotatable bonds is 4. The molecule has 1 rings (SSSR count). The molecule has 0 saturated carbocycles. The van der Waals surface area contributed by atoms with E-state index in [1.165, 1.54) is 0 Å². The van der Waals surface area contributed by atoms with Crippen molar-refractivity contribution >= 4 is 29.2 Å². The Balaban J connectivity index is 3.01. The van der Waals surface area contributed by atoms with Crippen molar-refractivity contribution in [2.24, 2.45) is 0 Å². The molecule has 1 N–H and O–H groups in total. The van der Waals surface area contributed by atoms with Crippen molar-refractivity contribution < 1.29 is 9.90 Å². The van der Waals surface area contributed by atoms with Gasteiger partial charge >= 0.3 is 5.97 Å². The van der Waals surface area contributed by atoms with Crippen molar-refractivity contribution in [2.75, 3.05) is 0 Å². The molecule has 0 aliphatic rings. The van der Waals surface area contributed by atoms with Gasteiger partial charge in [-0.25, -0.2) is 0 Å². The molecule has 1 aromatic carbocycles. The first-order valence-electron chi connectivity index (χ1n) is 4.84. The first kappa shape index (κ1) is 13.1. The molecule has 0 unspecified atom stereocenters. The maximum atomic E-state index is 10.7. The Kier molecular flexibility index (Phi) is 4.84. The fourth-order valence-electron chi connectivity index (χ4n) is 1.46. The molecule has 86 valence electrons. The Labute approximate surface area is 104 Å². The van der Waals surface area contributed by atoms with Crippen LogP contribution in [-0.4, -0.2) is 11.1 Å². The lowest BCUT2D eigenvalue weighted by molar-refractivity contribution is -0.137. The average Bonchev–Trinajstić information content (AvgIpc) is 2.21. The van der Waals surface area contributed by atoms with Gasteiger partial charge in [0, 0.05) is 5.92 Å². The number of hydrogen-bond acceptors (Lipinski definition) is 1. The fourth-order valence-corrected chi connectivity index (χ4v) is 1.77. The lowest BCUT2D eigenvalue weighted by atomic mass is 9.95. The molecular formula is C12H12Cl2O2. The van der Waals surface area contributed by atoms with Crippen LogP contribution in [0.15, 0.2) is 30.4 Å². The van der Waals surface area contributed by atoms with Crippen molar-refractivity contribution in [1.29, 1.82) is 0 Å². The summed E-state index contributed by atoms with van der Waals surface area (Å²) in [5, 5.41) is 9.72. The average molecular weight is 259 g/mol. The zero-order chi connectivity index (χ0) is 12.1. The van der Waals surface area contributed by atoms with Gasteiger partial charge in [-0.15, -0.1) is 0 Å². The van der Waals surface area contributed by atoms with Crippen LogP contribution in [0.25, 0.3) is 0 Å². The predicted molar refractivity (Wildman–Crippen MR) is 66.3 cm³/mol. The second kappa shape index (κ2) is 5.92. The van der Waals surface area contributed by atoms with E-state index in [0.29, 0.717) is 10.0 Å². The van der Waals surface area contributed by atoms with Gasteiger partial charge in [0.15, 0.2) is 0 Å². The van der Waals surface area contributed by atoms with E-state index in [9.17, 15) is 4.79 Å². The highest BCUT2D eigenvalue weighted by Crippen LogP contribution is 2.28. The molecule has 0 saturated heterocycles. The summed E-state index contributed by atoms with van der Waals surface area (Å²) in [7, 11) is 0. The zero-order valence-electron chi connectivity index (χ0n) is 8.78. The van der Waals surface area contributed by atoms with Gasteiger partial charge in [0.05, 0.1) is 16.5 Å². The highest BCUT2D eigenvalue weighted by Gasteiger charge is 2.13. The van der Waals surface area contributed by atoms with Gasteiger partial charge in [-0.2, -0.15) is 0 Å². The molecule has 0 aliphatic heterocycles. The van der Waals surface area contributed by atoms with Crippen LogP contribution in [0.3, 0.4) is 0 Å². The Morgan fingerprint density at radius 1 is 1.44 bits per heavy atom. The summed E-state index contributed by atoms with van der Waals surface area (Å²) in [6.45, 7) is 1.85. The van der Waals surface area contributed by atoms with Gasteiger partial charge in [0.1, 0.15) is 0 Å². The van der Waals surface area contributed by atoms with Crippen molar-refractivity contribution in [2.45, 2.75) is 19.3 Å². The molecule has 16 heavy (non-hydrogen) atoms. The molecule has 2 nitrogen and oxygen atoms in total. The predicted octanol–water partition coefficient (Wildman–Crippen LogP) is 4.13. The molecule has 1 atom stereocenters. The number of aliphatic carboxylic acids is 1. The molecule has 0 heterocycles. The van der Waals surface area contributed by atoms with Crippen molar-refractivity contribution in [3.63, 3.8) is 0 Å². The van der Waals surface area contributed by atoms with Crippen LogP contribution in [-0.2, 0) is 4.79 Å². The highest BCUT2D eigenvalue weighted by molar-refractivity contribution is 6.42. The minimum Gasteiger partial charge on any atom is -0.481 e. The smallest absolute Gasteiger partial charge is 0.304 e. The van der Waals surface area contributed by atoms with E-state index >= 15 is 0 Å². The Morgan fingerprint density at radius 3 is 2.62 bits per heavy atom. The first-order chi connectivity index (χ1) is 7.54. The minimum atomic E-state index is -0.839. The Morgan fingerprint density at radius 2 is 2.12 bits per heavy atom. The van der Waals surface area contributed by atoms with Crippen LogP contribution < -0.4 is 0 Å². The maximum absolute atomic E-state index is 10.7. The standard InChI is InChI=1S/C12H12Cl2O2/c1-2-3-8(7-12(15)16)9-4-5-10(13)11(14)6-9/h2-6,8H,7H2,1H3,(H,15,16)/t8-/m0/s1. The second-order valence-corrected chi connectivity index (χ2v) is 4.22. The van der Waals surface area contributed by atoms with E-state index in [1.807, 2.05) is 19.1 Å². The summed E-state index contributed by atoms with van der Waals surface area (Å²) in [6.07, 6.45) is 3.71. The van der Waals surface area contributed by atoms with Crippen LogP contribution in [0, 0.1) is 0 Å². The summed E-state index contributed by atoms with van der Waals surface area (Å²) in [5.41, 5.74) is 0.856. The monoisotopic (exact) mass is 258 g/mol. The van der Waals surface area contributed by atoms with E-state index in [2.05, 4.69) is 0 Å². The van der Waals surface area contributed by atoms with Crippen LogP contribution in [0.5, 0.6) is 0 Å². The number of halogens is 2. The largest absolute Gasteiger partial charge is 0.481 e. The van der Waals surface area contributed by atoms with Gasteiger partial charge in [0.2, 0.25) is 0 Å². The summed E-state index contributed by atoms with van der Waals surface area (Å²) in [6, 6.07) is 5.18. The molecule has 0 aliphatic carbocycles. The fraction of sp³-hybridized carbons (Fsp3) is 0.250. The number of hydrogen-bond donors (Lipinski definition) is 1. The minimum absolute atomic E-state index is 0.0439. The van der Waals surface area contributed by atoms with E-state index < -0.39 is 5.97 Å². The number of allylic oxidation sites excluding steroid dienone is 2. The molecule has 0 spiro atoms. The summed E-state index contributed by atoms with van der Waals surface area (Å²) in [4.78, 5) is 10.7. The third-order valence-electron chi connectivity index (χ3n) is 2.19. The Bertz CT molecular complexity index is 413. The van der Waals surface area contributed by atoms with Gasteiger partial charge in [-0.1, -0.05) is 41.4 Å². The first-order valence-corrected chi connectivity index (χ1v) is 5.59. The highest BCUT2D eigenvalue weighted by atomic mass is 35.5. The van der Waals surface area contributed by atoms with E-state index in [4.69, 9.17) is 28.3 Å². The number of carbonyl (C=O) groups is 1. The van der Waals surface area contributed by atoms with E-state index in [-0.39, 0.29) is 12.3 Å². The number of carboxylic acid groups (broad SMARTS) is 1. The third kappa shape index (κ3) is 3.54. The molecule has 0 bridgehead atoms. The molecule has 0 aromatic heterocycles. The van der Waals surface area contributed by atoms with Crippen LogP contribution in [0.4, 0.5) is 0 Å². The molecule has 0 radical (unpaired) electrons. The topological polar surface area (TPSA) is 37.3 Å². The SMILES string of the molecule is CC=C[C@@H](CC(=O)O)c1ccc(Cl)c(Cl)c1. The van der Waals surface area contributed by atoms with Crippen molar-refractivity contribution in [3.8, 4) is 0 Å². The molecule has 1 aromatic rings. The molecule has 0 amide bonds. The van der Waals surface area contributed by atoms with Gasteiger partial charge in [-0.05, 0) is 24.6 Å².